The lowest BCUT2D eigenvalue weighted by atomic mass is 9.93. The van der Waals surface area contributed by atoms with E-state index in [4.69, 9.17) is 10.8 Å². The molecule has 4 N–H and O–H groups in total. The van der Waals surface area contributed by atoms with E-state index in [1.807, 2.05) is 0 Å². The summed E-state index contributed by atoms with van der Waals surface area (Å²) in [4.78, 5) is 0.0304. The van der Waals surface area contributed by atoms with Gasteiger partial charge in [-0.15, -0.1) is 0 Å². The van der Waals surface area contributed by atoms with Gasteiger partial charge in [-0.1, -0.05) is 0 Å². The largest absolute Gasteiger partial charge is 0.394 e. The zero-order valence-corrected chi connectivity index (χ0v) is 11.1. The molecule has 0 amide bonds. The van der Waals surface area contributed by atoms with Gasteiger partial charge in [0.25, 0.3) is 0 Å². The van der Waals surface area contributed by atoms with Crippen LogP contribution in [0.2, 0.25) is 0 Å². The number of aliphatic hydroxyl groups is 1. The highest BCUT2D eigenvalue weighted by atomic mass is 32.2. The van der Waals surface area contributed by atoms with Crippen molar-refractivity contribution >= 4 is 21.5 Å². The Balaban J connectivity index is 2.38. The summed E-state index contributed by atoms with van der Waals surface area (Å²) in [5, 5.41) is 16.1. The van der Waals surface area contributed by atoms with Crippen molar-refractivity contribution in [2.75, 3.05) is 23.9 Å². The van der Waals surface area contributed by atoms with Crippen LogP contribution in [0.25, 0.3) is 0 Å². The van der Waals surface area contributed by atoms with Gasteiger partial charge >= 0.3 is 0 Å². The fourth-order valence-corrected chi connectivity index (χ4v) is 2.87. The highest BCUT2D eigenvalue weighted by molar-refractivity contribution is 7.91. The van der Waals surface area contributed by atoms with Gasteiger partial charge in [0.2, 0.25) is 0 Å². The minimum absolute atomic E-state index is 0.0304. The Morgan fingerprint density at radius 3 is 2.67 bits per heavy atom. The number of sulfone groups is 1. The van der Waals surface area contributed by atoms with Crippen LogP contribution in [0.5, 0.6) is 0 Å². The number of rotatable bonds is 5. The first kappa shape index (κ1) is 13.2. The molecule has 1 heterocycles. The smallest absolute Gasteiger partial charge is 0.182 e. The van der Waals surface area contributed by atoms with Crippen molar-refractivity contribution < 1.29 is 13.5 Å². The lowest BCUT2D eigenvalue weighted by Gasteiger charge is -2.26. The highest BCUT2D eigenvalue weighted by Crippen LogP contribution is 2.30. The molecule has 1 aromatic heterocycles. The van der Waals surface area contributed by atoms with Gasteiger partial charge in [0.05, 0.1) is 13.2 Å². The van der Waals surface area contributed by atoms with E-state index in [0.717, 1.165) is 25.5 Å². The summed E-state index contributed by atoms with van der Waals surface area (Å²) >= 11 is 0. The Bertz CT molecular complexity index is 534. The third kappa shape index (κ3) is 2.44. The van der Waals surface area contributed by atoms with Crippen LogP contribution < -0.4 is 11.1 Å². The Morgan fingerprint density at radius 2 is 2.22 bits per heavy atom. The van der Waals surface area contributed by atoms with Gasteiger partial charge in [-0.2, -0.15) is 5.10 Å². The molecule has 0 bridgehead atoms. The van der Waals surface area contributed by atoms with Crippen LogP contribution >= 0.6 is 0 Å². The van der Waals surface area contributed by atoms with E-state index < -0.39 is 9.84 Å². The summed E-state index contributed by atoms with van der Waals surface area (Å²) in [5.41, 5.74) is 5.78. The first-order valence-corrected chi connectivity index (χ1v) is 7.76. The number of anilines is 2. The summed E-state index contributed by atoms with van der Waals surface area (Å²) in [5.74, 6) is 0.376. The molecule has 8 heteroatoms. The Hall–Kier alpha value is -1.28. The molecule has 0 spiro atoms. The molecule has 2 rings (SSSR count). The summed E-state index contributed by atoms with van der Waals surface area (Å²) in [7, 11) is -3.44. The predicted molar refractivity (Wildman–Crippen MR) is 68.1 cm³/mol. The molecule has 0 radical (unpaired) electrons. The van der Waals surface area contributed by atoms with E-state index in [1.165, 1.54) is 4.68 Å². The van der Waals surface area contributed by atoms with E-state index >= 15 is 0 Å². The van der Waals surface area contributed by atoms with Gasteiger partial charge in [-0.25, -0.2) is 13.1 Å². The Labute approximate surface area is 106 Å². The minimum Gasteiger partial charge on any atom is -0.394 e. The molecule has 1 fully saturated rings. The number of hydrogen-bond donors (Lipinski definition) is 3. The van der Waals surface area contributed by atoms with Crippen LogP contribution in [0.4, 0.5) is 11.6 Å². The quantitative estimate of drug-likeness (QED) is 0.687. The summed E-state index contributed by atoms with van der Waals surface area (Å²) in [6.07, 6.45) is 4.26. The molecule has 1 saturated carbocycles. The van der Waals surface area contributed by atoms with Crippen molar-refractivity contribution in [2.45, 2.75) is 36.7 Å². The van der Waals surface area contributed by atoms with Crippen LogP contribution in [-0.2, 0) is 16.4 Å². The van der Waals surface area contributed by atoms with Crippen LogP contribution in [0.3, 0.4) is 0 Å². The third-order valence-electron chi connectivity index (χ3n) is 3.08. The topological polar surface area (TPSA) is 110 Å². The molecular formula is C10H18N4O3S. The molecular weight excluding hydrogens is 256 g/mol. The fraction of sp³-hybridized carbons (Fsp3) is 0.700. The van der Waals surface area contributed by atoms with Crippen LogP contribution in [-0.4, -0.2) is 42.2 Å². The zero-order chi connectivity index (χ0) is 13.3. The van der Waals surface area contributed by atoms with Gasteiger partial charge < -0.3 is 16.2 Å². The highest BCUT2D eigenvalue weighted by Gasteiger charge is 2.27. The van der Waals surface area contributed by atoms with E-state index in [1.54, 1.807) is 0 Å². The van der Waals surface area contributed by atoms with Crippen molar-refractivity contribution in [3.8, 4) is 0 Å². The van der Waals surface area contributed by atoms with Gasteiger partial charge in [0.15, 0.2) is 20.6 Å². The standard InChI is InChI=1S/C10H18N4O3S/c1-18(16,17)8-9(11)14(5-6-15)13-10(8)12-7-3-2-4-7/h7,15H,2-6,11H2,1H3,(H,12,13). The zero-order valence-electron chi connectivity index (χ0n) is 10.3. The first-order chi connectivity index (χ1) is 8.43. The average Bonchev–Trinajstić information content (AvgIpc) is 2.49. The second kappa shape index (κ2) is 4.77. The van der Waals surface area contributed by atoms with Crippen LogP contribution in [0, 0.1) is 0 Å². The molecule has 0 unspecified atom stereocenters. The van der Waals surface area contributed by atoms with Gasteiger partial charge in [-0.3, -0.25) is 0 Å². The number of aliphatic hydroxyl groups excluding tert-OH is 1. The Kier molecular flexibility index (Phi) is 3.49. The summed E-state index contributed by atoms with van der Waals surface area (Å²) < 4.78 is 24.8. The van der Waals surface area contributed by atoms with Crippen molar-refractivity contribution in [3.05, 3.63) is 0 Å². The molecule has 0 atom stereocenters. The summed E-state index contributed by atoms with van der Waals surface area (Å²) in [6.45, 7) is 0.0403. The number of nitrogens with one attached hydrogen (secondary N) is 1. The van der Waals surface area contributed by atoms with Crippen LogP contribution in [0.1, 0.15) is 19.3 Å². The van der Waals surface area contributed by atoms with Gasteiger partial charge in [0.1, 0.15) is 5.82 Å². The molecule has 0 aromatic carbocycles. The van der Waals surface area contributed by atoms with E-state index in [2.05, 4.69) is 10.4 Å². The van der Waals surface area contributed by atoms with Crippen molar-refractivity contribution in [1.29, 1.82) is 0 Å². The Morgan fingerprint density at radius 1 is 1.56 bits per heavy atom. The monoisotopic (exact) mass is 274 g/mol. The van der Waals surface area contributed by atoms with Crippen LogP contribution in [0.15, 0.2) is 4.90 Å². The maximum atomic E-state index is 11.7. The number of aromatic nitrogens is 2. The molecule has 1 aliphatic rings. The number of nitrogens with zero attached hydrogens (tertiary/aromatic N) is 2. The molecule has 18 heavy (non-hydrogen) atoms. The second-order valence-electron chi connectivity index (χ2n) is 4.55. The second-order valence-corrected chi connectivity index (χ2v) is 6.51. The van der Waals surface area contributed by atoms with Crippen molar-refractivity contribution in [3.63, 3.8) is 0 Å². The van der Waals surface area contributed by atoms with E-state index in [0.29, 0.717) is 5.82 Å². The van der Waals surface area contributed by atoms with Crippen molar-refractivity contribution in [1.82, 2.24) is 9.78 Å². The fourth-order valence-electron chi connectivity index (χ4n) is 1.93. The number of hydrogen-bond acceptors (Lipinski definition) is 6. The molecule has 102 valence electrons. The molecule has 0 aliphatic heterocycles. The third-order valence-corrected chi connectivity index (χ3v) is 4.22. The summed E-state index contributed by atoms with van der Waals surface area (Å²) in [6, 6.07) is 0.266. The molecule has 1 aliphatic carbocycles. The lowest BCUT2D eigenvalue weighted by Crippen LogP contribution is -2.28. The normalized spacial score (nSPS) is 16.6. The number of nitrogen functional groups attached to an aromatic ring is 1. The molecule has 0 saturated heterocycles. The van der Waals surface area contributed by atoms with Gasteiger partial charge in [0, 0.05) is 12.3 Å². The number of nitrogens with two attached hydrogens (primary N) is 1. The first-order valence-electron chi connectivity index (χ1n) is 5.87. The molecule has 7 nitrogen and oxygen atoms in total. The van der Waals surface area contributed by atoms with Gasteiger partial charge in [-0.05, 0) is 19.3 Å². The predicted octanol–water partition coefficient (Wildman–Crippen LogP) is -0.174. The maximum Gasteiger partial charge on any atom is 0.182 e. The van der Waals surface area contributed by atoms with E-state index in [9.17, 15) is 8.42 Å². The SMILES string of the molecule is CS(=O)(=O)c1c(NC2CCC2)nn(CCO)c1N. The lowest BCUT2D eigenvalue weighted by molar-refractivity contribution is 0.270. The molecule has 1 aromatic rings. The minimum atomic E-state index is -3.44. The van der Waals surface area contributed by atoms with E-state index in [-0.39, 0.29) is 29.9 Å². The average molecular weight is 274 g/mol. The maximum absolute atomic E-state index is 11.7. The van der Waals surface area contributed by atoms with Crippen molar-refractivity contribution in [2.24, 2.45) is 0 Å².